The zero-order chi connectivity index (χ0) is 15.9. The molecule has 0 radical (unpaired) electrons. The van der Waals surface area contributed by atoms with Crippen molar-refractivity contribution in [3.05, 3.63) is 0 Å². The summed E-state index contributed by atoms with van der Waals surface area (Å²) >= 11 is 0. The van der Waals surface area contributed by atoms with Gasteiger partial charge < -0.3 is 15.8 Å². The minimum atomic E-state index is -0.242. The summed E-state index contributed by atoms with van der Waals surface area (Å²) in [6, 6.07) is 0.0670. The van der Waals surface area contributed by atoms with Crippen LogP contribution in [0, 0.1) is 11.8 Å². The van der Waals surface area contributed by atoms with Gasteiger partial charge in [-0.25, -0.2) is 0 Å². The third-order valence-corrected chi connectivity index (χ3v) is 5.34. The smallest absolute Gasteiger partial charge is 0.307 e. The maximum Gasteiger partial charge on any atom is 0.307 e. The fourth-order valence-corrected chi connectivity index (χ4v) is 3.96. The lowest BCUT2D eigenvalue weighted by Crippen LogP contribution is -2.44. The molecule has 5 nitrogen and oxygen atoms in total. The standard InChI is InChI=1S/C17H30N2O3.ClH/c1-22-17(21)11-15(12-6-3-2-4-7-12)19-16(20)10-13-8-5-9-14(13)18;/h12-15H,2-11,18H2,1H3,(H,19,20);1H/t13-,14+,15?;/m0./s1. The summed E-state index contributed by atoms with van der Waals surface area (Å²) in [6.07, 6.45) is 9.76. The van der Waals surface area contributed by atoms with Crippen LogP contribution >= 0.6 is 12.4 Å². The molecule has 0 saturated heterocycles. The maximum absolute atomic E-state index is 12.3. The van der Waals surface area contributed by atoms with Crippen LogP contribution in [-0.2, 0) is 14.3 Å². The normalized spacial score (nSPS) is 26.2. The molecule has 2 rings (SSSR count). The Morgan fingerprint density at radius 3 is 2.39 bits per heavy atom. The highest BCUT2D eigenvalue weighted by atomic mass is 35.5. The number of nitrogens with two attached hydrogens (primary N) is 1. The van der Waals surface area contributed by atoms with Gasteiger partial charge in [-0.3, -0.25) is 9.59 Å². The third kappa shape index (κ3) is 6.30. The second-order valence-electron chi connectivity index (χ2n) is 6.91. The largest absolute Gasteiger partial charge is 0.469 e. The van der Waals surface area contributed by atoms with E-state index in [9.17, 15) is 9.59 Å². The molecule has 1 amide bonds. The van der Waals surface area contributed by atoms with Crippen molar-refractivity contribution in [3.8, 4) is 0 Å². The van der Waals surface area contributed by atoms with Crippen molar-refractivity contribution in [2.75, 3.05) is 7.11 Å². The summed E-state index contributed by atoms with van der Waals surface area (Å²) in [4.78, 5) is 24.0. The number of hydrogen-bond donors (Lipinski definition) is 2. The number of halogens is 1. The monoisotopic (exact) mass is 346 g/mol. The number of ether oxygens (including phenoxy) is 1. The predicted molar refractivity (Wildman–Crippen MR) is 92.3 cm³/mol. The van der Waals surface area contributed by atoms with Gasteiger partial charge in [0.05, 0.1) is 13.5 Å². The molecule has 2 fully saturated rings. The summed E-state index contributed by atoms with van der Waals surface area (Å²) < 4.78 is 4.79. The molecule has 3 N–H and O–H groups in total. The van der Waals surface area contributed by atoms with Crippen LogP contribution in [0.25, 0.3) is 0 Å². The van der Waals surface area contributed by atoms with Crippen LogP contribution < -0.4 is 11.1 Å². The molecule has 6 heteroatoms. The first-order chi connectivity index (χ1) is 10.6. The number of esters is 1. The number of rotatable bonds is 6. The molecule has 2 saturated carbocycles. The van der Waals surface area contributed by atoms with E-state index in [-0.39, 0.29) is 42.8 Å². The fourth-order valence-electron chi connectivity index (χ4n) is 3.96. The average molecular weight is 347 g/mol. The van der Waals surface area contributed by atoms with Crippen LogP contribution in [0.15, 0.2) is 0 Å². The molecule has 0 spiro atoms. The molecule has 0 aromatic rings. The van der Waals surface area contributed by atoms with E-state index in [1.807, 2.05) is 0 Å². The SMILES string of the molecule is COC(=O)CC(NC(=O)C[C@@H]1CCC[C@H]1N)C1CCCCC1.Cl. The lowest BCUT2D eigenvalue weighted by atomic mass is 9.82. The maximum atomic E-state index is 12.3. The van der Waals surface area contributed by atoms with Gasteiger partial charge in [-0.05, 0) is 37.5 Å². The lowest BCUT2D eigenvalue weighted by molar-refractivity contribution is -0.141. The molecule has 1 unspecified atom stereocenters. The molecule has 0 bridgehead atoms. The van der Waals surface area contributed by atoms with Crippen molar-refractivity contribution >= 4 is 24.3 Å². The average Bonchev–Trinajstić information content (AvgIpc) is 2.92. The van der Waals surface area contributed by atoms with Gasteiger partial charge in [0.1, 0.15) is 0 Å². The van der Waals surface area contributed by atoms with Crippen LogP contribution in [0.1, 0.15) is 64.2 Å². The second kappa shape index (κ2) is 10.1. The third-order valence-electron chi connectivity index (χ3n) is 5.34. The van der Waals surface area contributed by atoms with E-state index < -0.39 is 0 Å². The van der Waals surface area contributed by atoms with Crippen LogP contribution in [0.3, 0.4) is 0 Å². The van der Waals surface area contributed by atoms with E-state index >= 15 is 0 Å². The first kappa shape index (κ1) is 20.2. The van der Waals surface area contributed by atoms with Gasteiger partial charge in [-0.1, -0.05) is 25.7 Å². The van der Waals surface area contributed by atoms with E-state index in [4.69, 9.17) is 10.5 Å². The minimum absolute atomic E-state index is 0. The molecule has 3 atom stereocenters. The van der Waals surface area contributed by atoms with Gasteiger partial charge in [0.2, 0.25) is 5.91 Å². The van der Waals surface area contributed by atoms with Gasteiger partial charge in [-0.2, -0.15) is 0 Å². The summed E-state index contributed by atoms with van der Waals surface area (Å²) in [7, 11) is 1.40. The Kier molecular flexibility index (Phi) is 8.92. The fraction of sp³-hybridized carbons (Fsp3) is 0.882. The number of carbonyl (C=O) groups is 2. The molecule has 0 aromatic carbocycles. The number of hydrogen-bond acceptors (Lipinski definition) is 4. The van der Waals surface area contributed by atoms with Crippen molar-refractivity contribution in [1.29, 1.82) is 0 Å². The van der Waals surface area contributed by atoms with E-state index in [0.29, 0.717) is 18.3 Å². The first-order valence-corrected chi connectivity index (χ1v) is 8.72. The molecule has 134 valence electrons. The van der Waals surface area contributed by atoms with E-state index in [1.165, 1.54) is 26.4 Å². The highest BCUT2D eigenvalue weighted by Crippen LogP contribution is 2.29. The number of methoxy groups -OCH3 is 1. The molecule has 23 heavy (non-hydrogen) atoms. The van der Waals surface area contributed by atoms with Crippen molar-refractivity contribution < 1.29 is 14.3 Å². The lowest BCUT2D eigenvalue weighted by Gasteiger charge is -2.30. The molecule has 2 aliphatic carbocycles. The number of nitrogens with one attached hydrogen (secondary N) is 1. The molecular weight excluding hydrogens is 316 g/mol. The van der Waals surface area contributed by atoms with Crippen molar-refractivity contribution in [1.82, 2.24) is 5.32 Å². The summed E-state index contributed by atoms with van der Waals surface area (Å²) in [5, 5.41) is 3.10. The van der Waals surface area contributed by atoms with Crippen molar-refractivity contribution in [2.24, 2.45) is 17.6 Å². The summed E-state index contributed by atoms with van der Waals surface area (Å²) in [5.41, 5.74) is 6.05. The molecular formula is C17H31ClN2O3. The van der Waals surface area contributed by atoms with Crippen LogP contribution in [-0.4, -0.2) is 31.1 Å². The molecule has 2 aliphatic rings. The van der Waals surface area contributed by atoms with Gasteiger partial charge in [0.15, 0.2) is 0 Å². The van der Waals surface area contributed by atoms with Crippen molar-refractivity contribution in [3.63, 3.8) is 0 Å². The Morgan fingerprint density at radius 2 is 1.83 bits per heavy atom. The highest BCUT2D eigenvalue weighted by molar-refractivity contribution is 5.85. The molecule has 0 aromatic heterocycles. The summed E-state index contributed by atoms with van der Waals surface area (Å²) in [5.74, 6) is 0.495. The van der Waals surface area contributed by atoms with Gasteiger partial charge in [-0.15, -0.1) is 12.4 Å². The van der Waals surface area contributed by atoms with Crippen LogP contribution in [0.5, 0.6) is 0 Å². The van der Waals surface area contributed by atoms with Gasteiger partial charge in [0.25, 0.3) is 0 Å². The van der Waals surface area contributed by atoms with E-state index in [0.717, 1.165) is 32.1 Å². The van der Waals surface area contributed by atoms with E-state index in [2.05, 4.69) is 5.32 Å². The van der Waals surface area contributed by atoms with Crippen LogP contribution in [0.2, 0.25) is 0 Å². The van der Waals surface area contributed by atoms with Crippen molar-refractivity contribution in [2.45, 2.75) is 76.3 Å². The van der Waals surface area contributed by atoms with Gasteiger partial charge in [0, 0.05) is 18.5 Å². The number of amides is 1. The topological polar surface area (TPSA) is 81.4 Å². The quantitative estimate of drug-likeness (QED) is 0.724. The zero-order valence-corrected chi connectivity index (χ0v) is 14.9. The molecule has 0 heterocycles. The van der Waals surface area contributed by atoms with E-state index in [1.54, 1.807) is 0 Å². The second-order valence-corrected chi connectivity index (χ2v) is 6.91. The Morgan fingerprint density at radius 1 is 1.13 bits per heavy atom. The first-order valence-electron chi connectivity index (χ1n) is 8.72. The summed E-state index contributed by atoms with van der Waals surface area (Å²) in [6.45, 7) is 0. The predicted octanol–water partition coefficient (Wildman–Crippen LogP) is 2.55. The zero-order valence-electron chi connectivity index (χ0n) is 14.1. The minimum Gasteiger partial charge on any atom is -0.469 e. The Balaban J connectivity index is 0.00000264. The van der Waals surface area contributed by atoms with Gasteiger partial charge >= 0.3 is 5.97 Å². The Bertz CT molecular complexity index is 386. The molecule has 0 aliphatic heterocycles. The number of carbonyl (C=O) groups excluding carboxylic acids is 2. The Hall–Kier alpha value is -0.810. The highest BCUT2D eigenvalue weighted by Gasteiger charge is 2.30. The van der Waals surface area contributed by atoms with Crippen LogP contribution in [0.4, 0.5) is 0 Å². The Labute approximate surface area is 145 Å².